The van der Waals surface area contributed by atoms with Crippen molar-refractivity contribution in [3.05, 3.63) is 0 Å². The second-order valence-electron chi connectivity index (χ2n) is 6.07. The van der Waals surface area contributed by atoms with Gasteiger partial charge in [0.25, 0.3) is 0 Å². The molecule has 1 N–H and O–H groups in total. The summed E-state index contributed by atoms with van der Waals surface area (Å²) in [5.74, 6) is 0. The zero-order valence-corrected chi connectivity index (χ0v) is 10.3. The number of rotatable bonds is 5. The van der Waals surface area contributed by atoms with E-state index < -0.39 is 0 Å². The Hall–Kier alpha value is -0.0800. The van der Waals surface area contributed by atoms with Gasteiger partial charge >= 0.3 is 0 Å². The molecule has 0 bridgehead atoms. The van der Waals surface area contributed by atoms with Gasteiger partial charge in [0.2, 0.25) is 0 Å². The second kappa shape index (κ2) is 4.66. The second-order valence-corrected chi connectivity index (χ2v) is 6.07. The summed E-state index contributed by atoms with van der Waals surface area (Å²) in [6, 6.07) is 0.823. The minimum absolute atomic E-state index is 0.214. The zero-order valence-electron chi connectivity index (χ0n) is 10.3. The summed E-state index contributed by atoms with van der Waals surface area (Å²) < 4.78 is 6.43. The molecule has 2 heteroatoms. The van der Waals surface area contributed by atoms with Gasteiger partial charge in [-0.25, -0.2) is 0 Å². The fourth-order valence-corrected chi connectivity index (χ4v) is 2.99. The number of nitrogens with one attached hydrogen (secondary N) is 1. The van der Waals surface area contributed by atoms with E-state index in [0.717, 1.165) is 12.6 Å². The molecule has 0 atom stereocenters. The Morgan fingerprint density at radius 3 is 2.25 bits per heavy atom. The molecule has 0 aromatic rings. The predicted molar refractivity (Wildman–Crippen MR) is 65.6 cm³/mol. The van der Waals surface area contributed by atoms with E-state index >= 15 is 0 Å². The highest BCUT2D eigenvalue weighted by atomic mass is 16.5. The van der Waals surface area contributed by atoms with E-state index in [9.17, 15) is 0 Å². The van der Waals surface area contributed by atoms with Gasteiger partial charge in [-0.05, 0) is 44.9 Å². The molecule has 2 nitrogen and oxygen atoms in total. The van der Waals surface area contributed by atoms with Crippen LogP contribution in [0.25, 0.3) is 0 Å². The summed E-state index contributed by atoms with van der Waals surface area (Å²) in [5, 5.41) is 3.70. The Bertz CT molecular complexity index is 227. The van der Waals surface area contributed by atoms with Crippen molar-refractivity contribution in [2.75, 3.05) is 6.54 Å². The molecule has 0 aliphatic heterocycles. The third kappa shape index (κ3) is 2.60. The Morgan fingerprint density at radius 1 is 0.938 bits per heavy atom. The van der Waals surface area contributed by atoms with Crippen molar-refractivity contribution in [3.8, 4) is 0 Å². The summed E-state index contributed by atoms with van der Waals surface area (Å²) in [4.78, 5) is 0. The Morgan fingerprint density at radius 2 is 1.69 bits per heavy atom. The average molecular weight is 223 g/mol. The van der Waals surface area contributed by atoms with Gasteiger partial charge in [0.05, 0.1) is 11.7 Å². The highest BCUT2D eigenvalue weighted by Gasteiger charge is 2.38. The summed E-state index contributed by atoms with van der Waals surface area (Å²) in [5.41, 5.74) is 0.214. The quantitative estimate of drug-likeness (QED) is 0.773. The van der Waals surface area contributed by atoms with Crippen molar-refractivity contribution in [2.45, 2.75) is 82.0 Å². The van der Waals surface area contributed by atoms with Gasteiger partial charge in [0.1, 0.15) is 0 Å². The van der Waals surface area contributed by atoms with E-state index in [1.54, 1.807) is 0 Å². The molecule has 0 spiro atoms. The Kier molecular flexibility index (Phi) is 3.21. The van der Waals surface area contributed by atoms with Crippen LogP contribution in [0.2, 0.25) is 0 Å². The minimum Gasteiger partial charge on any atom is -0.370 e. The fraction of sp³-hybridized carbons (Fsp3) is 1.00. The molecule has 16 heavy (non-hydrogen) atoms. The van der Waals surface area contributed by atoms with Crippen LogP contribution in [0.3, 0.4) is 0 Å². The van der Waals surface area contributed by atoms with Gasteiger partial charge in [0, 0.05) is 12.6 Å². The molecule has 3 fully saturated rings. The van der Waals surface area contributed by atoms with Gasteiger partial charge in [-0.1, -0.05) is 19.3 Å². The van der Waals surface area contributed by atoms with Crippen LogP contribution < -0.4 is 5.32 Å². The summed E-state index contributed by atoms with van der Waals surface area (Å²) in [6.45, 7) is 1.12. The van der Waals surface area contributed by atoms with Gasteiger partial charge in [0.15, 0.2) is 0 Å². The van der Waals surface area contributed by atoms with E-state index in [4.69, 9.17) is 4.74 Å². The lowest BCUT2D eigenvalue weighted by atomic mass is 9.83. The maximum absolute atomic E-state index is 6.43. The predicted octanol–water partition coefficient (Wildman–Crippen LogP) is 3.01. The third-order valence-electron chi connectivity index (χ3n) is 4.52. The molecule has 3 rings (SSSR count). The van der Waals surface area contributed by atoms with Gasteiger partial charge < -0.3 is 10.1 Å². The molecule has 0 radical (unpaired) electrons. The summed E-state index contributed by atoms with van der Waals surface area (Å²) >= 11 is 0. The lowest BCUT2D eigenvalue weighted by Gasteiger charge is -2.43. The first kappa shape index (κ1) is 11.0. The van der Waals surface area contributed by atoms with Crippen molar-refractivity contribution in [2.24, 2.45) is 0 Å². The lowest BCUT2D eigenvalue weighted by molar-refractivity contribution is -0.136. The van der Waals surface area contributed by atoms with Crippen LogP contribution in [0.1, 0.15) is 64.2 Å². The molecule has 0 aromatic carbocycles. The maximum Gasteiger partial charge on any atom is 0.0810 e. The van der Waals surface area contributed by atoms with Crippen LogP contribution in [0, 0.1) is 0 Å². The highest BCUT2D eigenvalue weighted by Crippen LogP contribution is 2.37. The third-order valence-corrected chi connectivity index (χ3v) is 4.52. The summed E-state index contributed by atoms with van der Waals surface area (Å²) in [6.07, 6.45) is 14.1. The molecule has 0 unspecified atom stereocenters. The number of hydrogen-bond donors (Lipinski definition) is 1. The molecule has 3 aliphatic carbocycles. The van der Waals surface area contributed by atoms with E-state index in [1.165, 1.54) is 64.2 Å². The number of hydrogen-bond acceptors (Lipinski definition) is 2. The first-order chi connectivity index (χ1) is 7.86. The fourth-order valence-electron chi connectivity index (χ4n) is 2.99. The van der Waals surface area contributed by atoms with E-state index in [1.807, 2.05) is 0 Å². The van der Waals surface area contributed by atoms with Crippen molar-refractivity contribution in [1.82, 2.24) is 5.32 Å². The molecule has 3 saturated carbocycles. The standard InChI is InChI=1S/C14H25NO/c1-2-9-14(10-3-1,11-15-12-7-8-12)16-13-5-4-6-13/h12-13,15H,1-11H2. The van der Waals surface area contributed by atoms with Gasteiger partial charge in [-0.2, -0.15) is 0 Å². The van der Waals surface area contributed by atoms with Crippen LogP contribution in [0.15, 0.2) is 0 Å². The molecular formula is C14H25NO. The monoisotopic (exact) mass is 223 g/mol. The topological polar surface area (TPSA) is 21.3 Å². The molecule has 0 aromatic heterocycles. The largest absolute Gasteiger partial charge is 0.370 e. The first-order valence-corrected chi connectivity index (χ1v) is 7.28. The van der Waals surface area contributed by atoms with E-state index in [0.29, 0.717) is 6.10 Å². The molecule has 3 aliphatic rings. The first-order valence-electron chi connectivity index (χ1n) is 7.28. The summed E-state index contributed by atoms with van der Waals surface area (Å²) in [7, 11) is 0. The van der Waals surface area contributed by atoms with Crippen LogP contribution >= 0.6 is 0 Å². The molecule has 0 heterocycles. The Labute approximate surface area is 99.1 Å². The van der Waals surface area contributed by atoms with Gasteiger partial charge in [-0.3, -0.25) is 0 Å². The van der Waals surface area contributed by atoms with Crippen molar-refractivity contribution >= 4 is 0 Å². The SMILES string of the molecule is C1CCC(CNC2CC2)(OC2CCC2)CC1. The van der Waals surface area contributed by atoms with Crippen LogP contribution in [-0.2, 0) is 4.74 Å². The van der Waals surface area contributed by atoms with Crippen molar-refractivity contribution in [3.63, 3.8) is 0 Å². The zero-order chi connectivity index (χ0) is 10.8. The van der Waals surface area contributed by atoms with Crippen molar-refractivity contribution < 1.29 is 4.74 Å². The molecule has 0 saturated heterocycles. The van der Waals surface area contributed by atoms with Crippen LogP contribution in [0.5, 0.6) is 0 Å². The maximum atomic E-state index is 6.43. The minimum atomic E-state index is 0.214. The van der Waals surface area contributed by atoms with Crippen LogP contribution in [-0.4, -0.2) is 24.3 Å². The number of ether oxygens (including phenoxy) is 1. The van der Waals surface area contributed by atoms with Gasteiger partial charge in [-0.15, -0.1) is 0 Å². The average Bonchev–Trinajstić information content (AvgIpc) is 3.07. The molecular weight excluding hydrogens is 198 g/mol. The normalized spacial score (nSPS) is 30.0. The lowest BCUT2D eigenvalue weighted by Crippen LogP contribution is -2.48. The van der Waals surface area contributed by atoms with Crippen LogP contribution in [0.4, 0.5) is 0 Å². The smallest absolute Gasteiger partial charge is 0.0810 e. The van der Waals surface area contributed by atoms with Crippen molar-refractivity contribution in [1.29, 1.82) is 0 Å². The molecule has 92 valence electrons. The van der Waals surface area contributed by atoms with E-state index in [2.05, 4.69) is 5.32 Å². The molecule has 0 amide bonds. The van der Waals surface area contributed by atoms with E-state index in [-0.39, 0.29) is 5.60 Å². The Balaban J connectivity index is 1.55. The highest BCUT2D eigenvalue weighted by molar-refractivity contribution is 4.92.